The number of nitrogens with zero attached hydrogens (tertiary/aromatic N) is 1. The summed E-state index contributed by atoms with van der Waals surface area (Å²) in [7, 11) is 0. The average Bonchev–Trinajstić information content (AvgIpc) is 2.29. The number of benzene rings is 1. The first-order chi connectivity index (χ1) is 8.16. The van der Waals surface area contributed by atoms with E-state index in [1.165, 1.54) is 6.07 Å². The quantitative estimate of drug-likeness (QED) is 0.623. The number of aliphatic hydroxyl groups is 1. The molecule has 0 heterocycles. The second-order valence-corrected chi connectivity index (χ2v) is 4.44. The van der Waals surface area contributed by atoms with E-state index in [1.54, 1.807) is 18.2 Å². The van der Waals surface area contributed by atoms with Crippen LogP contribution < -0.4 is 5.32 Å². The molecule has 0 bridgehead atoms. The molecule has 2 N–H and O–H groups in total. The van der Waals surface area contributed by atoms with Crippen molar-refractivity contribution in [3.8, 4) is 0 Å². The van der Waals surface area contributed by atoms with E-state index in [1.807, 2.05) is 0 Å². The molecule has 0 aliphatic heterocycles. The first-order valence-electron chi connectivity index (χ1n) is 5.85. The Morgan fingerprint density at radius 2 is 2.12 bits per heavy atom. The zero-order valence-electron chi connectivity index (χ0n) is 9.50. The van der Waals surface area contributed by atoms with Crippen molar-refractivity contribution < 1.29 is 10.0 Å². The normalized spacial score (nSPS) is 24.3. The molecular formula is C12H16N2O3. The van der Waals surface area contributed by atoms with Crippen LogP contribution in [0.5, 0.6) is 0 Å². The van der Waals surface area contributed by atoms with Crippen molar-refractivity contribution in [2.24, 2.45) is 0 Å². The minimum Gasteiger partial charge on any atom is -0.393 e. The van der Waals surface area contributed by atoms with Crippen LogP contribution in [0.25, 0.3) is 0 Å². The topological polar surface area (TPSA) is 75.4 Å². The van der Waals surface area contributed by atoms with E-state index >= 15 is 0 Å². The van der Waals surface area contributed by atoms with Crippen molar-refractivity contribution in [2.45, 2.75) is 37.8 Å². The third-order valence-corrected chi connectivity index (χ3v) is 3.11. The van der Waals surface area contributed by atoms with E-state index in [0.717, 1.165) is 19.3 Å². The number of nitrogens with one attached hydrogen (secondary N) is 1. The van der Waals surface area contributed by atoms with Gasteiger partial charge in [-0.25, -0.2) is 0 Å². The minimum absolute atomic E-state index is 0.0903. The van der Waals surface area contributed by atoms with Crippen LogP contribution in [0, 0.1) is 10.1 Å². The van der Waals surface area contributed by atoms with Crippen LogP contribution in [-0.2, 0) is 0 Å². The standard InChI is InChI=1S/C12H16N2O3/c15-10-5-3-4-9(8-10)13-11-6-1-2-7-12(11)14(16)17/h1-2,6-7,9-10,13,15H,3-5,8H2/t9-,10+/m0/s1. The second kappa shape index (κ2) is 5.14. The summed E-state index contributed by atoms with van der Waals surface area (Å²) < 4.78 is 0. The van der Waals surface area contributed by atoms with Gasteiger partial charge in [-0.05, 0) is 31.7 Å². The van der Waals surface area contributed by atoms with Crippen LogP contribution in [0.2, 0.25) is 0 Å². The minimum atomic E-state index is -0.387. The lowest BCUT2D eigenvalue weighted by atomic mass is 9.93. The van der Waals surface area contributed by atoms with Gasteiger partial charge in [0, 0.05) is 12.1 Å². The van der Waals surface area contributed by atoms with Crippen LogP contribution in [-0.4, -0.2) is 22.2 Å². The second-order valence-electron chi connectivity index (χ2n) is 4.44. The van der Waals surface area contributed by atoms with Gasteiger partial charge in [-0.2, -0.15) is 0 Å². The fourth-order valence-electron chi connectivity index (χ4n) is 2.27. The zero-order valence-corrected chi connectivity index (χ0v) is 9.50. The summed E-state index contributed by atoms with van der Waals surface area (Å²) in [5.41, 5.74) is 0.629. The third-order valence-electron chi connectivity index (χ3n) is 3.11. The molecule has 1 aliphatic carbocycles. The van der Waals surface area contributed by atoms with Gasteiger partial charge in [-0.15, -0.1) is 0 Å². The van der Waals surface area contributed by atoms with Crippen LogP contribution in [0.4, 0.5) is 11.4 Å². The molecule has 1 aromatic rings. The van der Waals surface area contributed by atoms with Gasteiger partial charge < -0.3 is 10.4 Å². The molecule has 0 unspecified atom stereocenters. The Bertz CT molecular complexity index is 408. The highest BCUT2D eigenvalue weighted by molar-refractivity contribution is 5.61. The van der Waals surface area contributed by atoms with Crippen LogP contribution in [0.15, 0.2) is 24.3 Å². The lowest BCUT2D eigenvalue weighted by Crippen LogP contribution is -2.30. The first kappa shape index (κ1) is 11.9. The largest absolute Gasteiger partial charge is 0.393 e. The summed E-state index contributed by atoms with van der Waals surface area (Å²) in [4.78, 5) is 10.5. The summed E-state index contributed by atoms with van der Waals surface area (Å²) in [5.74, 6) is 0. The number of aliphatic hydroxyl groups excluding tert-OH is 1. The van der Waals surface area contributed by atoms with Crippen LogP contribution in [0.3, 0.4) is 0 Å². The molecule has 0 saturated heterocycles. The Labute approximate surface area is 99.6 Å². The predicted octanol–water partition coefficient (Wildman–Crippen LogP) is 2.31. The predicted molar refractivity (Wildman–Crippen MR) is 65.0 cm³/mol. The third kappa shape index (κ3) is 2.94. The summed E-state index contributed by atoms with van der Waals surface area (Å²) in [6.07, 6.45) is 3.10. The van der Waals surface area contributed by atoms with Gasteiger partial charge >= 0.3 is 0 Å². The van der Waals surface area contributed by atoms with Crippen molar-refractivity contribution in [2.75, 3.05) is 5.32 Å². The van der Waals surface area contributed by atoms with Crippen molar-refractivity contribution in [1.82, 2.24) is 0 Å². The highest BCUT2D eigenvalue weighted by atomic mass is 16.6. The number of para-hydroxylation sites is 2. The van der Waals surface area contributed by atoms with Crippen molar-refractivity contribution >= 4 is 11.4 Å². The maximum Gasteiger partial charge on any atom is 0.292 e. The fourth-order valence-corrected chi connectivity index (χ4v) is 2.27. The highest BCUT2D eigenvalue weighted by Crippen LogP contribution is 2.27. The molecule has 17 heavy (non-hydrogen) atoms. The molecule has 2 rings (SSSR count). The Morgan fingerprint density at radius 3 is 2.82 bits per heavy atom. The average molecular weight is 236 g/mol. The molecule has 1 aromatic carbocycles. The lowest BCUT2D eigenvalue weighted by Gasteiger charge is -2.27. The van der Waals surface area contributed by atoms with Crippen LogP contribution >= 0.6 is 0 Å². The summed E-state index contributed by atoms with van der Waals surface area (Å²) in [6.45, 7) is 0. The van der Waals surface area contributed by atoms with E-state index in [4.69, 9.17) is 0 Å². The summed E-state index contributed by atoms with van der Waals surface area (Å²) >= 11 is 0. The van der Waals surface area contributed by atoms with Crippen molar-refractivity contribution in [3.63, 3.8) is 0 Å². The maximum absolute atomic E-state index is 10.8. The molecule has 1 fully saturated rings. The smallest absolute Gasteiger partial charge is 0.292 e. The van der Waals surface area contributed by atoms with Gasteiger partial charge in [0.1, 0.15) is 5.69 Å². The number of hydrogen-bond acceptors (Lipinski definition) is 4. The van der Waals surface area contributed by atoms with Crippen LogP contribution in [0.1, 0.15) is 25.7 Å². The molecule has 2 atom stereocenters. The Hall–Kier alpha value is -1.62. The van der Waals surface area contributed by atoms with E-state index in [2.05, 4.69) is 5.32 Å². The van der Waals surface area contributed by atoms with Gasteiger partial charge in [0.05, 0.1) is 11.0 Å². The maximum atomic E-state index is 10.8. The van der Waals surface area contributed by atoms with Gasteiger partial charge in [0.2, 0.25) is 0 Å². The number of hydrogen-bond donors (Lipinski definition) is 2. The lowest BCUT2D eigenvalue weighted by molar-refractivity contribution is -0.384. The van der Waals surface area contributed by atoms with Gasteiger partial charge in [-0.1, -0.05) is 12.1 Å². The Balaban J connectivity index is 2.10. The van der Waals surface area contributed by atoms with Gasteiger partial charge in [-0.3, -0.25) is 10.1 Å². The zero-order chi connectivity index (χ0) is 12.3. The van der Waals surface area contributed by atoms with Gasteiger partial charge in [0.25, 0.3) is 5.69 Å². The molecule has 1 aliphatic rings. The number of rotatable bonds is 3. The Kier molecular flexibility index (Phi) is 3.58. The van der Waals surface area contributed by atoms with Gasteiger partial charge in [0.15, 0.2) is 0 Å². The number of nitro groups is 1. The highest BCUT2D eigenvalue weighted by Gasteiger charge is 2.22. The molecule has 0 amide bonds. The monoisotopic (exact) mass is 236 g/mol. The molecule has 5 heteroatoms. The first-order valence-corrected chi connectivity index (χ1v) is 5.85. The summed E-state index contributed by atoms with van der Waals surface area (Å²) in [5, 5.41) is 23.6. The molecule has 0 spiro atoms. The number of anilines is 1. The van der Waals surface area contributed by atoms with Crippen molar-refractivity contribution in [1.29, 1.82) is 0 Å². The molecule has 92 valence electrons. The molecule has 0 aromatic heterocycles. The Morgan fingerprint density at radius 1 is 1.35 bits per heavy atom. The number of nitro benzene ring substituents is 1. The van der Waals surface area contributed by atoms with E-state index in [-0.39, 0.29) is 22.8 Å². The van der Waals surface area contributed by atoms with Crippen molar-refractivity contribution in [3.05, 3.63) is 34.4 Å². The molecular weight excluding hydrogens is 220 g/mol. The molecule has 1 saturated carbocycles. The molecule has 5 nitrogen and oxygen atoms in total. The van der Waals surface area contributed by atoms with E-state index in [9.17, 15) is 15.2 Å². The van der Waals surface area contributed by atoms with E-state index < -0.39 is 0 Å². The molecule has 0 radical (unpaired) electrons. The van der Waals surface area contributed by atoms with E-state index in [0.29, 0.717) is 12.1 Å². The SMILES string of the molecule is O=[N+]([O-])c1ccccc1N[C@H]1CCC[C@@H](O)C1. The fraction of sp³-hybridized carbons (Fsp3) is 0.500. The summed E-state index contributed by atoms with van der Waals surface area (Å²) in [6, 6.07) is 6.74.